The summed E-state index contributed by atoms with van der Waals surface area (Å²) >= 11 is 0. The van der Waals surface area contributed by atoms with Crippen LogP contribution in [0.25, 0.3) is 22.0 Å². The molecule has 0 radical (unpaired) electrons. The highest BCUT2D eigenvalue weighted by atomic mass is 16.2. The van der Waals surface area contributed by atoms with E-state index in [1.54, 1.807) is 24.7 Å². The van der Waals surface area contributed by atoms with E-state index in [0.29, 0.717) is 24.5 Å². The molecule has 7 nitrogen and oxygen atoms in total. The first-order valence-corrected chi connectivity index (χ1v) is 10.9. The third-order valence-electron chi connectivity index (χ3n) is 5.12. The lowest BCUT2D eigenvalue weighted by atomic mass is 10.1. The Balaban J connectivity index is 1.70. The Bertz CT molecular complexity index is 1330. The summed E-state index contributed by atoms with van der Waals surface area (Å²) in [5.74, 6) is 6.69. The zero-order valence-corrected chi connectivity index (χ0v) is 18.5. The van der Waals surface area contributed by atoms with Crippen molar-refractivity contribution in [3.8, 4) is 23.0 Å². The Morgan fingerprint density at radius 2 is 1.91 bits per heavy atom. The SMILES string of the molecule is CCNC(CC)C(=O)Nc1ccc(-c2cncnc2)c(C#Cc2ccc3ncccc3c2)n1. The number of carbonyl (C=O) groups excluding carboxylic acids is 1. The van der Waals surface area contributed by atoms with Crippen molar-refractivity contribution < 1.29 is 4.79 Å². The van der Waals surface area contributed by atoms with Gasteiger partial charge in [-0.25, -0.2) is 15.0 Å². The molecular formula is C26H24N6O. The largest absolute Gasteiger partial charge is 0.309 e. The number of hydrogen-bond acceptors (Lipinski definition) is 6. The summed E-state index contributed by atoms with van der Waals surface area (Å²) < 4.78 is 0. The standard InChI is InChI=1S/C26H24N6O/c1-3-22(29-4-2)26(33)32-25-12-9-21(20-15-27-17-28-16-20)24(31-25)11-8-18-7-10-23-19(14-18)6-5-13-30-23/h5-7,9-10,12-17,22,29H,3-4H2,1-2H3,(H,31,32,33). The van der Waals surface area contributed by atoms with Gasteiger partial charge in [0.25, 0.3) is 0 Å². The fourth-order valence-corrected chi connectivity index (χ4v) is 3.46. The Labute approximate surface area is 192 Å². The van der Waals surface area contributed by atoms with Gasteiger partial charge in [-0.1, -0.05) is 25.8 Å². The van der Waals surface area contributed by atoms with Gasteiger partial charge in [-0.2, -0.15) is 0 Å². The van der Waals surface area contributed by atoms with Gasteiger partial charge in [0, 0.05) is 40.7 Å². The number of rotatable bonds is 6. The minimum absolute atomic E-state index is 0.122. The molecule has 33 heavy (non-hydrogen) atoms. The normalized spacial score (nSPS) is 11.5. The van der Waals surface area contributed by atoms with Crippen LogP contribution in [0.3, 0.4) is 0 Å². The molecule has 0 fully saturated rings. The van der Waals surface area contributed by atoms with Gasteiger partial charge in [-0.3, -0.25) is 9.78 Å². The molecule has 1 aromatic carbocycles. The highest BCUT2D eigenvalue weighted by Gasteiger charge is 2.16. The second-order valence-corrected chi connectivity index (χ2v) is 7.39. The van der Waals surface area contributed by atoms with Crippen molar-refractivity contribution >= 4 is 22.6 Å². The minimum atomic E-state index is -0.278. The molecule has 4 rings (SSSR count). The smallest absolute Gasteiger partial charge is 0.242 e. The number of carbonyl (C=O) groups is 1. The van der Waals surface area contributed by atoms with Crippen LogP contribution in [0.5, 0.6) is 0 Å². The fraction of sp³-hybridized carbons (Fsp3) is 0.192. The third kappa shape index (κ3) is 5.37. The molecular weight excluding hydrogens is 412 g/mol. The second-order valence-electron chi connectivity index (χ2n) is 7.39. The highest BCUT2D eigenvalue weighted by molar-refractivity contribution is 5.94. The van der Waals surface area contributed by atoms with E-state index in [0.717, 1.165) is 27.6 Å². The summed E-state index contributed by atoms with van der Waals surface area (Å²) in [4.78, 5) is 29.8. The number of likely N-dealkylation sites (N-methyl/N-ethyl adjacent to an activating group) is 1. The average molecular weight is 437 g/mol. The van der Waals surface area contributed by atoms with Crippen LogP contribution in [0.2, 0.25) is 0 Å². The quantitative estimate of drug-likeness (QED) is 0.447. The lowest BCUT2D eigenvalue weighted by Gasteiger charge is -2.15. The first kappa shape index (κ1) is 22.1. The number of anilines is 1. The minimum Gasteiger partial charge on any atom is -0.309 e. The summed E-state index contributed by atoms with van der Waals surface area (Å²) in [5, 5.41) is 7.09. The van der Waals surface area contributed by atoms with Crippen molar-refractivity contribution in [3.63, 3.8) is 0 Å². The number of benzene rings is 1. The van der Waals surface area contributed by atoms with Crippen LogP contribution in [0.15, 0.2) is 67.4 Å². The second kappa shape index (κ2) is 10.4. The van der Waals surface area contributed by atoms with Gasteiger partial charge in [-0.15, -0.1) is 0 Å². The third-order valence-corrected chi connectivity index (χ3v) is 5.12. The maximum Gasteiger partial charge on any atom is 0.242 e. The number of amides is 1. The Morgan fingerprint density at radius 1 is 1.06 bits per heavy atom. The van der Waals surface area contributed by atoms with Gasteiger partial charge < -0.3 is 10.6 Å². The van der Waals surface area contributed by atoms with Gasteiger partial charge in [0.15, 0.2) is 0 Å². The van der Waals surface area contributed by atoms with Gasteiger partial charge in [0.1, 0.15) is 17.8 Å². The summed E-state index contributed by atoms with van der Waals surface area (Å²) in [5.41, 5.74) is 3.89. The van der Waals surface area contributed by atoms with E-state index in [4.69, 9.17) is 0 Å². The number of nitrogens with one attached hydrogen (secondary N) is 2. The maximum atomic E-state index is 12.6. The van der Waals surface area contributed by atoms with Crippen LogP contribution in [-0.4, -0.2) is 38.4 Å². The summed E-state index contributed by atoms with van der Waals surface area (Å²) in [6.45, 7) is 4.65. The van der Waals surface area contributed by atoms with Crippen LogP contribution >= 0.6 is 0 Å². The lowest BCUT2D eigenvalue weighted by molar-refractivity contribution is -0.118. The number of fused-ring (bicyclic) bond motifs is 1. The van der Waals surface area contributed by atoms with Gasteiger partial charge in [-0.05, 0) is 55.3 Å². The van der Waals surface area contributed by atoms with E-state index in [9.17, 15) is 4.79 Å². The van der Waals surface area contributed by atoms with E-state index < -0.39 is 0 Å². The number of aromatic nitrogens is 4. The molecule has 1 amide bonds. The summed E-state index contributed by atoms with van der Waals surface area (Å²) in [6.07, 6.45) is 7.36. The molecule has 0 spiro atoms. The Kier molecular flexibility index (Phi) is 6.98. The molecule has 1 atom stereocenters. The molecule has 0 aliphatic carbocycles. The molecule has 1 unspecified atom stereocenters. The van der Waals surface area contributed by atoms with Crippen LogP contribution < -0.4 is 10.6 Å². The number of nitrogens with zero attached hydrogens (tertiary/aromatic N) is 4. The molecule has 2 N–H and O–H groups in total. The van der Waals surface area contributed by atoms with Gasteiger partial charge in [0.05, 0.1) is 11.6 Å². The number of pyridine rings is 2. The predicted octanol–water partition coefficient (Wildman–Crippen LogP) is 3.81. The molecule has 164 valence electrons. The Hall–Kier alpha value is -4.15. The van der Waals surface area contributed by atoms with Crippen molar-refractivity contribution in [1.82, 2.24) is 25.3 Å². The van der Waals surface area contributed by atoms with Crippen molar-refractivity contribution in [2.75, 3.05) is 11.9 Å². The summed E-state index contributed by atoms with van der Waals surface area (Å²) in [6, 6.07) is 13.1. The van der Waals surface area contributed by atoms with E-state index in [2.05, 4.69) is 42.4 Å². The molecule has 0 aliphatic rings. The molecule has 0 bridgehead atoms. The molecule has 3 aromatic heterocycles. The van der Waals surface area contributed by atoms with Crippen molar-refractivity contribution in [2.24, 2.45) is 0 Å². The van der Waals surface area contributed by atoms with Crippen molar-refractivity contribution in [2.45, 2.75) is 26.3 Å². The Morgan fingerprint density at radius 3 is 2.70 bits per heavy atom. The zero-order valence-electron chi connectivity index (χ0n) is 18.5. The highest BCUT2D eigenvalue weighted by Crippen LogP contribution is 2.23. The van der Waals surface area contributed by atoms with Crippen LogP contribution in [0.4, 0.5) is 5.82 Å². The lowest BCUT2D eigenvalue weighted by Crippen LogP contribution is -2.40. The monoisotopic (exact) mass is 436 g/mol. The summed E-state index contributed by atoms with van der Waals surface area (Å²) in [7, 11) is 0. The van der Waals surface area contributed by atoms with Gasteiger partial charge >= 0.3 is 0 Å². The van der Waals surface area contributed by atoms with Crippen LogP contribution in [0.1, 0.15) is 31.5 Å². The topological polar surface area (TPSA) is 92.7 Å². The molecule has 0 aliphatic heterocycles. The van der Waals surface area contributed by atoms with Gasteiger partial charge in [0.2, 0.25) is 5.91 Å². The van der Waals surface area contributed by atoms with Crippen molar-refractivity contribution in [3.05, 3.63) is 78.6 Å². The van der Waals surface area contributed by atoms with E-state index in [1.807, 2.05) is 50.2 Å². The van der Waals surface area contributed by atoms with E-state index in [1.165, 1.54) is 6.33 Å². The maximum absolute atomic E-state index is 12.6. The first-order valence-electron chi connectivity index (χ1n) is 10.9. The molecule has 0 saturated heterocycles. The van der Waals surface area contributed by atoms with Crippen molar-refractivity contribution in [1.29, 1.82) is 0 Å². The van der Waals surface area contributed by atoms with Crippen LogP contribution in [-0.2, 0) is 4.79 Å². The van der Waals surface area contributed by atoms with E-state index >= 15 is 0 Å². The fourth-order valence-electron chi connectivity index (χ4n) is 3.46. The van der Waals surface area contributed by atoms with Crippen LogP contribution in [0, 0.1) is 11.8 Å². The number of hydrogen-bond donors (Lipinski definition) is 2. The molecule has 4 aromatic rings. The predicted molar refractivity (Wildman–Crippen MR) is 129 cm³/mol. The average Bonchev–Trinajstić information content (AvgIpc) is 2.86. The molecule has 3 heterocycles. The molecule has 7 heteroatoms. The van der Waals surface area contributed by atoms with E-state index in [-0.39, 0.29) is 11.9 Å². The zero-order chi connectivity index (χ0) is 23.0. The first-order chi connectivity index (χ1) is 16.2. The molecule has 0 saturated carbocycles.